The fourth-order valence-corrected chi connectivity index (χ4v) is 3.50. The minimum absolute atomic E-state index is 0.0871. The van der Waals surface area contributed by atoms with Gasteiger partial charge in [-0.2, -0.15) is 0 Å². The molecule has 0 unspecified atom stereocenters. The number of benzene rings is 1. The Morgan fingerprint density at radius 1 is 1.33 bits per heavy atom. The molecule has 1 aromatic heterocycles. The number of hydrogen-bond acceptors (Lipinski definition) is 1. The van der Waals surface area contributed by atoms with Crippen molar-refractivity contribution in [2.24, 2.45) is 5.92 Å². The number of aromatic amines is 1. The molecule has 112 valence electrons. The number of aromatic nitrogens is 1. The molecule has 1 amide bonds. The van der Waals surface area contributed by atoms with Crippen LogP contribution < -0.4 is 0 Å². The summed E-state index contributed by atoms with van der Waals surface area (Å²) in [6, 6.07) is 6.17. The van der Waals surface area contributed by atoms with Crippen molar-refractivity contribution in [2.45, 2.75) is 32.6 Å². The van der Waals surface area contributed by atoms with E-state index in [0.29, 0.717) is 5.92 Å². The molecule has 2 aromatic rings. The second-order valence-corrected chi connectivity index (χ2v) is 6.62. The van der Waals surface area contributed by atoms with Crippen molar-refractivity contribution < 1.29 is 4.79 Å². The maximum Gasteiger partial charge on any atom is 0.225 e. The highest BCUT2D eigenvalue weighted by molar-refractivity contribution is 6.31. The summed E-state index contributed by atoms with van der Waals surface area (Å²) in [5, 5.41) is 2.04. The smallest absolute Gasteiger partial charge is 0.225 e. The number of rotatable bonds is 2. The van der Waals surface area contributed by atoms with Gasteiger partial charge in [-0.25, -0.2) is 0 Å². The van der Waals surface area contributed by atoms with Gasteiger partial charge in [0, 0.05) is 41.1 Å². The average molecular weight is 305 g/mol. The number of halogens is 1. The third-order valence-corrected chi connectivity index (χ3v) is 4.62. The Bertz CT molecular complexity index is 654. The minimum atomic E-state index is 0.0871. The van der Waals surface area contributed by atoms with Crippen LogP contribution in [0, 0.1) is 5.92 Å². The number of amides is 1. The monoisotopic (exact) mass is 304 g/mol. The summed E-state index contributed by atoms with van der Waals surface area (Å²) in [6.07, 6.45) is 3.99. The normalized spacial score (nSPS) is 16.9. The molecule has 1 aliphatic rings. The first-order valence-corrected chi connectivity index (χ1v) is 7.99. The molecule has 4 heteroatoms. The van der Waals surface area contributed by atoms with Crippen LogP contribution in [0.1, 0.15) is 38.2 Å². The Hall–Kier alpha value is -1.48. The van der Waals surface area contributed by atoms with Gasteiger partial charge in [0.25, 0.3) is 0 Å². The van der Waals surface area contributed by atoms with E-state index in [1.807, 2.05) is 31.0 Å². The van der Waals surface area contributed by atoms with Crippen molar-refractivity contribution in [3.63, 3.8) is 0 Å². The quantitative estimate of drug-likeness (QED) is 0.887. The highest BCUT2D eigenvalue weighted by atomic mass is 35.5. The van der Waals surface area contributed by atoms with E-state index in [4.69, 9.17) is 11.6 Å². The van der Waals surface area contributed by atoms with E-state index >= 15 is 0 Å². The molecule has 3 nitrogen and oxygen atoms in total. The van der Waals surface area contributed by atoms with Gasteiger partial charge in [0.1, 0.15) is 0 Å². The van der Waals surface area contributed by atoms with Crippen molar-refractivity contribution in [1.29, 1.82) is 0 Å². The molecule has 0 spiro atoms. The van der Waals surface area contributed by atoms with Crippen LogP contribution >= 0.6 is 11.6 Å². The molecule has 0 saturated carbocycles. The molecular formula is C17H21ClN2O. The third-order valence-electron chi connectivity index (χ3n) is 4.41. The summed E-state index contributed by atoms with van der Waals surface area (Å²) in [6.45, 7) is 5.63. The lowest BCUT2D eigenvalue weighted by molar-refractivity contribution is -0.135. The fraction of sp³-hybridized carbons (Fsp3) is 0.471. The molecule has 0 aliphatic carbocycles. The third kappa shape index (κ3) is 2.80. The predicted octanol–water partition coefficient (Wildman–Crippen LogP) is 4.18. The van der Waals surface area contributed by atoms with Crippen LogP contribution in [0.4, 0.5) is 0 Å². The van der Waals surface area contributed by atoms with E-state index in [0.717, 1.165) is 36.5 Å². The Kier molecular flexibility index (Phi) is 3.94. The largest absolute Gasteiger partial charge is 0.361 e. The van der Waals surface area contributed by atoms with E-state index < -0.39 is 0 Å². The van der Waals surface area contributed by atoms with Gasteiger partial charge in [0.05, 0.1) is 0 Å². The Balaban J connectivity index is 1.80. The molecule has 3 rings (SSSR count). The zero-order valence-electron chi connectivity index (χ0n) is 12.5. The first-order valence-electron chi connectivity index (χ1n) is 7.61. The number of piperidine rings is 1. The van der Waals surface area contributed by atoms with E-state index in [2.05, 4.69) is 17.1 Å². The highest BCUT2D eigenvalue weighted by Gasteiger charge is 2.26. The second-order valence-electron chi connectivity index (χ2n) is 6.19. The van der Waals surface area contributed by atoms with Crippen molar-refractivity contribution in [3.05, 3.63) is 35.0 Å². The first-order chi connectivity index (χ1) is 10.1. The SMILES string of the molecule is CC(C)C(=O)N1CCC(c2cc(Cl)cc3[nH]ccc23)CC1. The van der Waals surface area contributed by atoms with Gasteiger partial charge < -0.3 is 9.88 Å². The van der Waals surface area contributed by atoms with Crippen LogP contribution in [0.25, 0.3) is 10.9 Å². The maximum absolute atomic E-state index is 12.1. The molecule has 2 heterocycles. The van der Waals surface area contributed by atoms with Crippen LogP contribution in [0.3, 0.4) is 0 Å². The van der Waals surface area contributed by atoms with Crippen LogP contribution in [0.5, 0.6) is 0 Å². The van der Waals surface area contributed by atoms with Crippen molar-refractivity contribution >= 4 is 28.4 Å². The standard InChI is InChI=1S/C17H21ClN2O/c1-11(2)17(21)20-7-4-12(5-8-20)15-9-13(18)10-16-14(15)3-6-19-16/h3,6,9-12,19H,4-5,7-8H2,1-2H3. The Morgan fingerprint density at radius 3 is 2.71 bits per heavy atom. The van der Waals surface area contributed by atoms with E-state index in [9.17, 15) is 4.79 Å². The average Bonchev–Trinajstić information content (AvgIpc) is 2.93. The van der Waals surface area contributed by atoms with Crippen molar-refractivity contribution in [2.75, 3.05) is 13.1 Å². The molecule has 1 N–H and O–H groups in total. The number of hydrogen-bond donors (Lipinski definition) is 1. The van der Waals surface area contributed by atoms with Gasteiger partial charge in [-0.05, 0) is 42.5 Å². The molecule has 0 bridgehead atoms. The molecule has 0 atom stereocenters. The summed E-state index contributed by atoms with van der Waals surface area (Å²) in [7, 11) is 0. The number of carbonyl (C=O) groups excluding carboxylic acids is 1. The molecule has 21 heavy (non-hydrogen) atoms. The summed E-state index contributed by atoms with van der Waals surface area (Å²) in [5.74, 6) is 0.841. The molecular weight excluding hydrogens is 284 g/mol. The summed E-state index contributed by atoms with van der Waals surface area (Å²) in [5.41, 5.74) is 2.41. The first kappa shape index (κ1) is 14.5. The van der Waals surface area contributed by atoms with Gasteiger partial charge in [-0.1, -0.05) is 25.4 Å². The second kappa shape index (κ2) is 5.72. The number of H-pyrrole nitrogens is 1. The zero-order chi connectivity index (χ0) is 15.0. The van der Waals surface area contributed by atoms with Gasteiger partial charge in [-0.15, -0.1) is 0 Å². The van der Waals surface area contributed by atoms with Crippen molar-refractivity contribution in [1.82, 2.24) is 9.88 Å². The lowest BCUT2D eigenvalue weighted by Crippen LogP contribution is -2.40. The van der Waals surface area contributed by atoms with Gasteiger partial charge >= 0.3 is 0 Å². The van der Waals surface area contributed by atoms with Gasteiger partial charge in [-0.3, -0.25) is 4.79 Å². The highest BCUT2D eigenvalue weighted by Crippen LogP contribution is 2.35. The van der Waals surface area contributed by atoms with Gasteiger partial charge in [0.15, 0.2) is 0 Å². The van der Waals surface area contributed by atoms with Gasteiger partial charge in [0.2, 0.25) is 5.91 Å². The molecule has 1 aromatic carbocycles. The fourth-order valence-electron chi connectivity index (χ4n) is 3.27. The van der Waals surface area contributed by atoms with Crippen LogP contribution in [-0.2, 0) is 4.79 Å². The lowest BCUT2D eigenvalue weighted by atomic mass is 9.87. The van der Waals surface area contributed by atoms with E-state index in [-0.39, 0.29) is 11.8 Å². The number of carbonyl (C=O) groups is 1. The summed E-state index contributed by atoms with van der Waals surface area (Å²) in [4.78, 5) is 17.3. The van der Waals surface area contributed by atoms with Crippen LogP contribution in [-0.4, -0.2) is 28.9 Å². The Morgan fingerprint density at radius 2 is 2.05 bits per heavy atom. The van der Waals surface area contributed by atoms with Crippen molar-refractivity contribution in [3.8, 4) is 0 Å². The molecule has 0 radical (unpaired) electrons. The van der Waals surface area contributed by atoms with E-state index in [1.54, 1.807) is 0 Å². The summed E-state index contributed by atoms with van der Waals surface area (Å²) < 4.78 is 0. The number of nitrogens with zero attached hydrogens (tertiary/aromatic N) is 1. The summed E-state index contributed by atoms with van der Waals surface area (Å²) >= 11 is 6.24. The molecule has 1 fully saturated rings. The lowest BCUT2D eigenvalue weighted by Gasteiger charge is -2.33. The number of nitrogens with one attached hydrogen (secondary N) is 1. The zero-order valence-corrected chi connectivity index (χ0v) is 13.3. The molecule has 1 saturated heterocycles. The Labute approximate surface area is 130 Å². The minimum Gasteiger partial charge on any atom is -0.361 e. The van der Waals surface area contributed by atoms with E-state index in [1.165, 1.54) is 10.9 Å². The number of fused-ring (bicyclic) bond motifs is 1. The molecule has 1 aliphatic heterocycles. The maximum atomic E-state index is 12.1. The predicted molar refractivity (Wildman–Crippen MR) is 86.7 cm³/mol. The van der Waals surface area contributed by atoms with Crippen LogP contribution in [0.2, 0.25) is 5.02 Å². The number of likely N-dealkylation sites (tertiary alicyclic amines) is 1. The topological polar surface area (TPSA) is 36.1 Å². The van der Waals surface area contributed by atoms with Crippen LogP contribution in [0.15, 0.2) is 24.4 Å².